The van der Waals surface area contributed by atoms with Crippen LogP contribution in [0.4, 0.5) is 11.6 Å². The fourth-order valence-corrected chi connectivity index (χ4v) is 1.00. The molecule has 5 nitrogen and oxygen atoms in total. The average Bonchev–Trinajstić information content (AvgIpc) is 2.18. The molecule has 0 spiro atoms. The van der Waals surface area contributed by atoms with Crippen LogP contribution in [0.15, 0.2) is 6.33 Å². The zero-order valence-corrected chi connectivity index (χ0v) is 9.15. The molecule has 1 aromatic rings. The van der Waals surface area contributed by atoms with Gasteiger partial charge in [-0.25, -0.2) is 9.97 Å². The van der Waals surface area contributed by atoms with Gasteiger partial charge in [0.1, 0.15) is 29.6 Å². The van der Waals surface area contributed by atoms with Gasteiger partial charge in [-0.2, -0.15) is 5.26 Å². The van der Waals surface area contributed by atoms with E-state index in [1.165, 1.54) is 6.33 Å². The Morgan fingerprint density at radius 3 is 2.60 bits per heavy atom. The Bertz CT molecular complexity index is 380. The molecule has 3 N–H and O–H groups in total. The van der Waals surface area contributed by atoms with Gasteiger partial charge in [0.25, 0.3) is 0 Å². The summed E-state index contributed by atoms with van der Waals surface area (Å²) in [5, 5.41) is 12.0. The lowest BCUT2D eigenvalue weighted by Crippen LogP contribution is -2.23. The van der Waals surface area contributed by atoms with E-state index in [-0.39, 0.29) is 11.9 Å². The summed E-state index contributed by atoms with van der Waals surface area (Å²) >= 11 is 0. The van der Waals surface area contributed by atoms with Crippen LogP contribution in [0.2, 0.25) is 0 Å². The zero-order chi connectivity index (χ0) is 11.4. The lowest BCUT2D eigenvalue weighted by Gasteiger charge is -2.18. The molecular weight excluding hydrogens is 190 g/mol. The molecule has 0 aliphatic carbocycles. The van der Waals surface area contributed by atoms with Crippen LogP contribution in [-0.4, -0.2) is 16.0 Å². The summed E-state index contributed by atoms with van der Waals surface area (Å²) < 4.78 is 0. The van der Waals surface area contributed by atoms with E-state index < -0.39 is 0 Å². The molecule has 1 aromatic heterocycles. The maximum absolute atomic E-state index is 8.90. The van der Waals surface area contributed by atoms with Crippen molar-refractivity contribution >= 4 is 11.6 Å². The molecule has 0 fully saturated rings. The fourth-order valence-electron chi connectivity index (χ4n) is 1.00. The van der Waals surface area contributed by atoms with Gasteiger partial charge in [0.05, 0.1) is 0 Å². The number of nitrogen functional groups attached to an aromatic ring is 1. The Kier molecular flexibility index (Phi) is 3.45. The van der Waals surface area contributed by atoms with E-state index in [1.807, 2.05) is 13.0 Å². The zero-order valence-electron chi connectivity index (χ0n) is 9.15. The van der Waals surface area contributed by atoms with E-state index in [0.29, 0.717) is 17.3 Å². The number of nitrogens with zero attached hydrogens (tertiary/aromatic N) is 3. The van der Waals surface area contributed by atoms with Gasteiger partial charge < -0.3 is 11.1 Å². The first-order chi connectivity index (χ1) is 7.06. The Labute approximate surface area is 89.3 Å². The largest absolute Gasteiger partial charge is 0.382 e. The first kappa shape index (κ1) is 11.2. The summed E-state index contributed by atoms with van der Waals surface area (Å²) in [5.41, 5.74) is 5.88. The standard InChI is InChI=1S/C10H15N5/c1-6(2)7(3)15-10-8(4-11)9(12)13-5-14-10/h5-7H,1-3H3,(H3,12,13,14,15)/t7-/m1/s1. The Morgan fingerprint density at radius 2 is 2.07 bits per heavy atom. The summed E-state index contributed by atoms with van der Waals surface area (Å²) in [4.78, 5) is 7.77. The third-order valence-corrected chi connectivity index (χ3v) is 2.35. The highest BCUT2D eigenvalue weighted by molar-refractivity contribution is 5.62. The predicted molar refractivity (Wildman–Crippen MR) is 59.1 cm³/mol. The van der Waals surface area contributed by atoms with Crippen LogP contribution in [0.25, 0.3) is 0 Å². The van der Waals surface area contributed by atoms with Gasteiger partial charge in [-0.05, 0) is 12.8 Å². The maximum atomic E-state index is 8.90. The molecule has 1 heterocycles. The first-order valence-corrected chi connectivity index (χ1v) is 4.83. The molecule has 80 valence electrons. The Morgan fingerprint density at radius 1 is 1.40 bits per heavy atom. The van der Waals surface area contributed by atoms with Crippen LogP contribution in [0, 0.1) is 17.2 Å². The molecule has 5 heteroatoms. The van der Waals surface area contributed by atoms with Crippen molar-refractivity contribution in [1.82, 2.24) is 9.97 Å². The minimum Gasteiger partial charge on any atom is -0.382 e. The van der Waals surface area contributed by atoms with E-state index in [4.69, 9.17) is 11.0 Å². The van der Waals surface area contributed by atoms with Gasteiger partial charge in [-0.1, -0.05) is 13.8 Å². The van der Waals surface area contributed by atoms with Gasteiger partial charge in [0.2, 0.25) is 0 Å². The van der Waals surface area contributed by atoms with Crippen LogP contribution in [-0.2, 0) is 0 Å². The highest BCUT2D eigenvalue weighted by atomic mass is 15.1. The van der Waals surface area contributed by atoms with Crippen molar-refractivity contribution in [2.24, 2.45) is 5.92 Å². The van der Waals surface area contributed by atoms with Gasteiger partial charge in [-0.3, -0.25) is 0 Å². The van der Waals surface area contributed by atoms with Crippen molar-refractivity contribution in [2.45, 2.75) is 26.8 Å². The summed E-state index contributed by atoms with van der Waals surface area (Å²) in [6.07, 6.45) is 1.35. The summed E-state index contributed by atoms with van der Waals surface area (Å²) in [5.74, 6) is 1.17. The molecule has 0 amide bonds. The summed E-state index contributed by atoms with van der Waals surface area (Å²) in [6, 6.07) is 2.22. The third kappa shape index (κ3) is 2.56. The average molecular weight is 205 g/mol. The molecule has 1 atom stereocenters. The molecule has 0 aliphatic rings. The topological polar surface area (TPSA) is 87.6 Å². The van der Waals surface area contributed by atoms with Crippen molar-refractivity contribution in [3.63, 3.8) is 0 Å². The van der Waals surface area contributed by atoms with Crippen LogP contribution in [0.3, 0.4) is 0 Å². The minimum atomic E-state index is 0.214. The number of hydrogen-bond acceptors (Lipinski definition) is 5. The van der Waals surface area contributed by atoms with Crippen LogP contribution in [0.5, 0.6) is 0 Å². The van der Waals surface area contributed by atoms with Crippen molar-refractivity contribution < 1.29 is 0 Å². The number of nitriles is 1. The molecule has 0 aliphatic heterocycles. The Hall–Kier alpha value is -1.83. The number of nitrogens with two attached hydrogens (primary N) is 1. The molecule has 1 rings (SSSR count). The lowest BCUT2D eigenvalue weighted by atomic mass is 10.1. The van der Waals surface area contributed by atoms with Crippen LogP contribution < -0.4 is 11.1 Å². The number of rotatable bonds is 3. The highest BCUT2D eigenvalue weighted by Gasteiger charge is 2.12. The molecule has 0 bridgehead atoms. The number of anilines is 2. The second-order valence-electron chi connectivity index (χ2n) is 3.77. The van der Waals surface area contributed by atoms with Crippen LogP contribution in [0.1, 0.15) is 26.3 Å². The van der Waals surface area contributed by atoms with Crippen molar-refractivity contribution in [3.8, 4) is 6.07 Å². The van der Waals surface area contributed by atoms with Gasteiger partial charge >= 0.3 is 0 Å². The van der Waals surface area contributed by atoms with Gasteiger partial charge in [-0.15, -0.1) is 0 Å². The monoisotopic (exact) mass is 205 g/mol. The molecule has 0 radical (unpaired) electrons. The van der Waals surface area contributed by atoms with E-state index in [2.05, 4.69) is 29.1 Å². The minimum absolute atomic E-state index is 0.214. The van der Waals surface area contributed by atoms with E-state index in [1.54, 1.807) is 0 Å². The van der Waals surface area contributed by atoms with Crippen LogP contribution >= 0.6 is 0 Å². The predicted octanol–water partition coefficient (Wildman–Crippen LogP) is 1.39. The lowest BCUT2D eigenvalue weighted by molar-refractivity contribution is 0.558. The third-order valence-electron chi connectivity index (χ3n) is 2.35. The van der Waals surface area contributed by atoms with Crippen molar-refractivity contribution in [1.29, 1.82) is 5.26 Å². The van der Waals surface area contributed by atoms with E-state index in [0.717, 1.165) is 0 Å². The second kappa shape index (κ2) is 4.60. The number of aromatic nitrogens is 2. The normalized spacial score (nSPS) is 12.2. The van der Waals surface area contributed by atoms with E-state index >= 15 is 0 Å². The van der Waals surface area contributed by atoms with E-state index in [9.17, 15) is 0 Å². The molecule has 0 unspecified atom stereocenters. The van der Waals surface area contributed by atoms with Gasteiger partial charge in [0.15, 0.2) is 0 Å². The highest BCUT2D eigenvalue weighted by Crippen LogP contribution is 2.17. The molecule has 0 saturated heterocycles. The second-order valence-corrected chi connectivity index (χ2v) is 3.77. The van der Waals surface area contributed by atoms with Gasteiger partial charge in [0, 0.05) is 6.04 Å². The molecule has 15 heavy (non-hydrogen) atoms. The SMILES string of the molecule is CC(C)[C@@H](C)Nc1ncnc(N)c1C#N. The molecular formula is C10H15N5. The quantitative estimate of drug-likeness (QED) is 0.778. The number of hydrogen-bond donors (Lipinski definition) is 2. The molecule has 0 aromatic carbocycles. The van der Waals surface area contributed by atoms with Crippen molar-refractivity contribution in [3.05, 3.63) is 11.9 Å². The smallest absolute Gasteiger partial charge is 0.149 e. The maximum Gasteiger partial charge on any atom is 0.149 e. The summed E-state index contributed by atoms with van der Waals surface area (Å²) in [7, 11) is 0. The van der Waals surface area contributed by atoms with Crippen molar-refractivity contribution in [2.75, 3.05) is 11.1 Å². The molecule has 0 saturated carbocycles. The fraction of sp³-hybridized carbons (Fsp3) is 0.500. The Balaban J connectivity index is 2.96. The summed E-state index contributed by atoms with van der Waals surface area (Å²) in [6.45, 7) is 6.21. The first-order valence-electron chi connectivity index (χ1n) is 4.83. The number of nitrogens with one attached hydrogen (secondary N) is 1.